The van der Waals surface area contributed by atoms with Crippen LogP contribution in [0, 0.1) is 16.7 Å². The number of aromatic nitrogens is 4. The molecule has 198 valence electrons. The molecule has 11 heteroatoms. The average Bonchev–Trinajstić information content (AvgIpc) is 3.18. The summed E-state index contributed by atoms with van der Waals surface area (Å²) in [5.41, 5.74) is -0.458. The van der Waals surface area contributed by atoms with E-state index in [0.29, 0.717) is 29.9 Å². The second-order valence-electron chi connectivity index (χ2n) is 12.5. The molecule has 4 heterocycles. The highest BCUT2D eigenvalue weighted by molar-refractivity contribution is 5.76. The number of rotatable bonds is 4. The number of hydrogen-bond acceptors (Lipinski definition) is 5. The molecule has 2 aliphatic heterocycles. The van der Waals surface area contributed by atoms with Gasteiger partial charge < -0.3 is 14.9 Å². The van der Waals surface area contributed by atoms with Crippen LogP contribution in [-0.2, 0) is 18.2 Å². The number of carbonyl (C=O) groups excluding carboxylic acids is 1. The Bertz CT molecular complexity index is 1200. The van der Waals surface area contributed by atoms with Crippen LogP contribution in [0.4, 0.5) is 18.0 Å². The van der Waals surface area contributed by atoms with E-state index in [-0.39, 0.29) is 16.9 Å². The van der Waals surface area contributed by atoms with E-state index in [1.165, 1.54) is 6.07 Å². The SMILES string of the molecule is O=C(N1CC2(CCC(Cc3ccc(C(F)(F)F)cn3)C2)C1)N1CC2(CC(n3cnc(C4(O)CC4)n3)C2)C1. The molecule has 1 atom stereocenters. The predicted octanol–water partition coefficient (Wildman–Crippen LogP) is 3.78. The van der Waals surface area contributed by atoms with E-state index in [2.05, 4.69) is 15.1 Å². The summed E-state index contributed by atoms with van der Waals surface area (Å²) < 4.78 is 40.2. The van der Waals surface area contributed by atoms with Crippen LogP contribution in [0.5, 0.6) is 0 Å². The van der Waals surface area contributed by atoms with Gasteiger partial charge in [-0.25, -0.2) is 14.5 Å². The van der Waals surface area contributed by atoms with Crippen molar-refractivity contribution in [2.75, 3.05) is 26.2 Å². The maximum Gasteiger partial charge on any atom is 0.417 e. The van der Waals surface area contributed by atoms with Crippen molar-refractivity contribution in [3.8, 4) is 0 Å². The Morgan fingerprint density at radius 2 is 1.70 bits per heavy atom. The molecule has 1 unspecified atom stereocenters. The largest absolute Gasteiger partial charge is 0.417 e. The lowest BCUT2D eigenvalue weighted by atomic mass is 9.60. The Morgan fingerprint density at radius 3 is 2.32 bits per heavy atom. The monoisotopic (exact) mass is 516 g/mol. The lowest BCUT2D eigenvalue weighted by Crippen LogP contribution is -2.69. The summed E-state index contributed by atoms with van der Waals surface area (Å²) in [6.45, 7) is 3.14. The molecule has 2 saturated heterocycles. The first-order valence-electron chi connectivity index (χ1n) is 13.2. The standard InChI is InChI=1S/C26H31F3N6O2/c27-26(28,29)18-1-2-19(30-11-18)7-17-3-4-23(8-17)12-33(13-23)22(36)34-14-24(15-34)9-20(10-24)35-16-31-21(32-35)25(37)5-6-25/h1-2,11,16-17,20,37H,3-10,12-15H2. The molecule has 37 heavy (non-hydrogen) atoms. The van der Waals surface area contributed by atoms with Crippen molar-refractivity contribution in [1.29, 1.82) is 0 Å². The first-order valence-corrected chi connectivity index (χ1v) is 13.2. The number of alkyl halides is 3. The molecule has 3 saturated carbocycles. The minimum absolute atomic E-state index is 0.131. The molecule has 2 amide bonds. The summed E-state index contributed by atoms with van der Waals surface area (Å²) in [5.74, 6) is 0.939. The number of urea groups is 1. The van der Waals surface area contributed by atoms with E-state index < -0.39 is 17.3 Å². The van der Waals surface area contributed by atoms with E-state index in [1.54, 1.807) is 6.33 Å². The van der Waals surface area contributed by atoms with Gasteiger partial charge in [0, 0.05) is 48.9 Å². The van der Waals surface area contributed by atoms with Crippen LogP contribution in [0.25, 0.3) is 0 Å². The highest BCUT2D eigenvalue weighted by Gasteiger charge is 2.57. The smallest absolute Gasteiger partial charge is 0.382 e. The fourth-order valence-electron chi connectivity index (χ4n) is 7.19. The van der Waals surface area contributed by atoms with Crippen LogP contribution in [0.15, 0.2) is 24.7 Å². The zero-order valence-corrected chi connectivity index (χ0v) is 20.6. The zero-order chi connectivity index (χ0) is 25.6. The number of hydrogen-bond donors (Lipinski definition) is 1. The van der Waals surface area contributed by atoms with Crippen LogP contribution in [0.3, 0.4) is 0 Å². The van der Waals surface area contributed by atoms with Crippen LogP contribution in [0.2, 0.25) is 0 Å². The third-order valence-electron chi connectivity index (χ3n) is 9.46. The summed E-state index contributed by atoms with van der Waals surface area (Å²) in [6, 6.07) is 3.03. The summed E-state index contributed by atoms with van der Waals surface area (Å²) in [6.07, 6.45) is 5.52. The molecule has 0 aromatic carbocycles. The van der Waals surface area contributed by atoms with Gasteiger partial charge in [-0.05, 0) is 69.4 Å². The first kappa shape index (κ1) is 23.4. The highest BCUT2D eigenvalue weighted by Crippen LogP contribution is 2.55. The van der Waals surface area contributed by atoms with Crippen LogP contribution in [-0.4, -0.2) is 66.9 Å². The molecular weight excluding hydrogens is 485 g/mol. The fraction of sp³-hybridized carbons (Fsp3) is 0.692. The van der Waals surface area contributed by atoms with Crippen molar-refractivity contribution < 1.29 is 23.1 Å². The second-order valence-corrected chi connectivity index (χ2v) is 12.5. The van der Waals surface area contributed by atoms with E-state index in [9.17, 15) is 23.1 Å². The quantitative estimate of drug-likeness (QED) is 0.669. The summed E-state index contributed by atoms with van der Waals surface area (Å²) in [5, 5.41) is 14.7. The number of likely N-dealkylation sites (tertiary alicyclic amines) is 2. The molecule has 1 N–H and O–H groups in total. The number of amides is 2. The van der Waals surface area contributed by atoms with E-state index in [0.717, 1.165) is 83.4 Å². The lowest BCUT2D eigenvalue weighted by Gasteiger charge is -2.60. The Kier molecular flexibility index (Phi) is 4.86. The molecule has 2 spiro atoms. The molecule has 5 aliphatic rings. The second kappa shape index (κ2) is 7.68. The van der Waals surface area contributed by atoms with Gasteiger partial charge in [0.25, 0.3) is 0 Å². The summed E-state index contributed by atoms with van der Waals surface area (Å²) in [7, 11) is 0. The number of pyridine rings is 1. The van der Waals surface area contributed by atoms with Crippen molar-refractivity contribution in [1.82, 2.24) is 29.5 Å². The number of aliphatic hydroxyl groups is 1. The molecule has 5 fully saturated rings. The van der Waals surface area contributed by atoms with Crippen molar-refractivity contribution in [2.45, 2.75) is 69.2 Å². The Morgan fingerprint density at radius 1 is 1.00 bits per heavy atom. The van der Waals surface area contributed by atoms with E-state index in [4.69, 9.17) is 0 Å². The van der Waals surface area contributed by atoms with Crippen molar-refractivity contribution in [3.05, 3.63) is 41.7 Å². The van der Waals surface area contributed by atoms with Crippen molar-refractivity contribution in [3.63, 3.8) is 0 Å². The maximum atomic E-state index is 13.0. The zero-order valence-electron chi connectivity index (χ0n) is 20.6. The van der Waals surface area contributed by atoms with Crippen molar-refractivity contribution >= 4 is 6.03 Å². The Balaban J connectivity index is 0.860. The third-order valence-corrected chi connectivity index (χ3v) is 9.46. The molecule has 7 rings (SSSR count). The molecular formula is C26H31F3N6O2. The Labute approximate surface area is 212 Å². The summed E-state index contributed by atoms with van der Waals surface area (Å²) in [4.78, 5) is 25.3. The van der Waals surface area contributed by atoms with E-state index >= 15 is 0 Å². The Hall–Kier alpha value is -2.69. The maximum absolute atomic E-state index is 13.0. The molecule has 2 aromatic rings. The molecule has 0 bridgehead atoms. The van der Waals surface area contributed by atoms with Gasteiger partial charge >= 0.3 is 12.2 Å². The van der Waals surface area contributed by atoms with Gasteiger partial charge in [0.05, 0.1) is 11.6 Å². The van der Waals surface area contributed by atoms with Gasteiger partial charge in [-0.15, -0.1) is 0 Å². The van der Waals surface area contributed by atoms with Crippen LogP contribution >= 0.6 is 0 Å². The van der Waals surface area contributed by atoms with E-state index in [1.807, 2.05) is 14.5 Å². The third kappa shape index (κ3) is 4.00. The van der Waals surface area contributed by atoms with Gasteiger partial charge in [0.1, 0.15) is 11.9 Å². The molecule has 3 aliphatic carbocycles. The average molecular weight is 517 g/mol. The number of halogens is 3. The van der Waals surface area contributed by atoms with Gasteiger partial charge in [0.2, 0.25) is 0 Å². The molecule has 0 radical (unpaired) electrons. The van der Waals surface area contributed by atoms with Crippen molar-refractivity contribution in [2.24, 2.45) is 16.7 Å². The van der Waals surface area contributed by atoms with Gasteiger partial charge in [-0.1, -0.05) is 0 Å². The minimum atomic E-state index is -4.36. The predicted molar refractivity (Wildman–Crippen MR) is 125 cm³/mol. The lowest BCUT2D eigenvalue weighted by molar-refractivity contribution is -0.137. The minimum Gasteiger partial charge on any atom is -0.382 e. The first-order chi connectivity index (χ1) is 17.5. The highest BCUT2D eigenvalue weighted by atomic mass is 19.4. The number of carbonyl (C=O) groups is 1. The van der Waals surface area contributed by atoms with Gasteiger partial charge in [-0.3, -0.25) is 4.98 Å². The van der Waals surface area contributed by atoms with Gasteiger partial charge in [-0.2, -0.15) is 18.3 Å². The van der Waals surface area contributed by atoms with Crippen LogP contribution in [0.1, 0.15) is 68.1 Å². The van der Waals surface area contributed by atoms with Gasteiger partial charge in [0.15, 0.2) is 5.82 Å². The summed E-state index contributed by atoms with van der Waals surface area (Å²) >= 11 is 0. The fourth-order valence-corrected chi connectivity index (χ4v) is 7.19. The molecule has 2 aromatic heterocycles. The molecule has 8 nitrogen and oxygen atoms in total. The van der Waals surface area contributed by atoms with Crippen LogP contribution < -0.4 is 0 Å². The topological polar surface area (TPSA) is 87.4 Å². The normalized spacial score (nSPS) is 27.2. The number of nitrogens with zero attached hydrogens (tertiary/aromatic N) is 6.